The summed E-state index contributed by atoms with van der Waals surface area (Å²) in [5, 5.41) is 18.8. The molecule has 0 aliphatic heterocycles. The Morgan fingerprint density at radius 1 is 1.27 bits per heavy atom. The van der Waals surface area contributed by atoms with E-state index in [9.17, 15) is 10.2 Å². The van der Waals surface area contributed by atoms with Gasteiger partial charge in [0, 0.05) is 4.91 Å². The van der Waals surface area contributed by atoms with Crippen molar-refractivity contribution in [3.8, 4) is 0 Å². The number of allylic oxidation sites excluding steroid dienone is 2. The first-order valence-electron chi connectivity index (χ1n) is 3.45. The third kappa shape index (κ3) is 1.67. The fourth-order valence-electron chi connectivity index (χ4n) is 1.00. The molecule has 0 radical (unpaired) electrons. The van der Waals surface area contributed by atoms with Gasteiger partial charge in [-0.3, -0.25) is 0 Å². The second-order valence-electron chi connectivity index (χ2n) is 2.57. The SMILES string of the molecule is CSC1=CC=C(C)[C@H](O)[C@@H]1O. The Hall–Kier alpha value is -0.250. The van der Waals surface area contributed by atoms with Crippen LogP contribution in [0.15, 0.2) is 22.6 Å². The number of rotatable bonds is 1. The summed E-state index contributed by atoms with van der Waals surface area (Å²) >= 11 is 1.47. The minimum atomic E-state index is -0.727. The Morgan fingerprint density at radius 3 is 2.45 bits per heavy atom. The van der Waals surface area contributed by atoms with Gasteiger partial charge in [-0.2, -0.15) is 0 Å². The molecule has 62 valence electrons. The van der Waals surface area contributed by atoms with Gasteiger partial charge in [-0.15, -0.1) is 11.8 Å². The quantitative estimate of drug-likeness (QED) is 0.618. The summed E-state index contributed by atoms with van der Waals surface area (Å²) in [5.41, 5.74) is 0.815. The molecule has 3 heteroatoms. The van der Waals surface area contributed by atoms with Gasteiger partial charge in [-0.25, -0.2) is 0 Å². The molecular formula is C8H12O2S. The number of hydrogen-bond acceptors (Lipinski definition) is 3. The van der Waals surface area contributed by atoms with Crippen LogP contribution in [0.3, 0.4) is 0 Å². The first-order chi connectivity index (χ1) is 5.16. The van der Waals surface area contributed by atoms with E-state index in [1.54, 1.807) is 0 Å². The van der Waals surface area contributed by atoms with Gasteiger partial charge in [0.15, 0.2) is 0 Å². The lowest BCUT2D eigenvalue weighted by Crippen LogP contribution is -2.29. The van der Waals surface area contributed by atoms with Crippen molar-refractivity contribution in [3.63, 3.8) is 0 Å². The van der Waals surface area contributed by atoms with Crippen molar-refractivity contribution < 1.29 is 10.2 Å². The highest BCUT2D eigenvalue weighted by molar-refractivity contribution is 8.02. The number of aliphatic hydroxyl groups excluding tert-OH is 2. The third-order valence-electron chi connectivity index (χ3n) is 1.80. The van der Waals surface area contributed by atoms with Crippen molar-refractivity contribution in [3.05, 3.63) is 22.6 Å². The van der Waals surface area contributed by atoms with Crippen LogP contribution in [0.1, 0.15) is 6.92 Å². The fraction of sp³-hybridized carbons (Fsp3) is 0.500. The molecule has 2 nitrogen and oxygen atoms in total. The van der Waals surface area contributed by atoms with Gasteiger partial charge in [0.2, 0.25) is 0 Å². The first kappa shape index (κ1) is 8.84. The second-order valence-corrected chi connectivity index (χ2v) is 3.45. The molecule has 0 spiro atoms. The number of aliphatic hydroxyl groups is 2. The summed E-state index contributed by atoms with van der Waals surface area (Å²) in [6.45, 7) is 1.81. The van der Waals surface area contributed by atoms with Gasteiger partial charge < -0.3 is 10.2 Å². The van der Waals surface area contributed by atoms with Crippen LogP contribution in [-0.2, 0) is 0 Å². The maximum atomic E-state index is 9.43. The van der Waals surface area contributed by atoms with E-state index < -0.39 is 12.2 Å². The van der Waals surface area contributed by atoms with Crippen LogP contribution in [-0.4, -0.2) is 28.7 Å². The molecule has 1 aliphatic carbocycles. The van der Waals surface area contributed by atoms with E-state index in [2.05, 4.69) is 0 Å². The van der Waals surface area contributed by atoms with Crippen molar-refractivity contribution in [1.29, 1.82) is 0 Å². The highest BCUT2D eigenvalue weighted by Gasteiger charge is 2.23. The van der Waals surface area contributed by atoms with Crippen LogP contribution < -0.4 is 0 Å². The van der Waals surface area contributed by atoms with E-state index in [4.69, 9.17) is 0 Å². The standard InChI is InChI=1S/C8H12O2S/c1-5-3-4-6(11-2)8(10)7(5)9/h3-4,7-10H,1-2H3/t7-,8+/m0/s1. The average Bonchev–Trinajstić information content (AvgIpc) is 2.01. The van der Waals surface area contributed by atoms with Crippen molar-refractivity contribution in [2.45, 2.75) is 19.1 Å². The second kappa shape index (κ2) is 3.43. The Morgan fingerprint density at radius 2 is 1.91 bits per heavy atom. The number of hydrogen-bond donors (Lipinski definition) is 2. The van der Waals surface area contributed by atoms with Crippen molar-refractivity contribution >= 4 is 11.8 Å². The molecule has 11 heavy (non-hydrogen) atoms. The van der Waals surface area contributed by atoms with E-state index >= 15 is 0 Å². The minimum Gasteiger partial charge on any atom is -0.386 e. The molecule has 2 atom stereocenters. The molecule has 0 bridgehead atoms. The van der Waals surface area contributed by atoms with E-state index in [0.717, 1.165) is 10.5 Å². The lowest BCUT2D eigenvalue weighted by molar-refractivity contribution is 0.0692. The molecule has 1 aliphatic rings. The summed E-state index contributed by atoms with van der Waals surface area (Å²) in [5.74, 6) is 0. The summed E-state index contributed by atoms with van der Waals surface area (Å²) in [7, 11) is 0. The lowest BCUT2D eigenvalue weighted by atomic mass is 10.0. The van der Waals surface area contributed by atoms with Gasteiger partial charge >= 0.3 is 0 Å². The molecule has 2 N–H and O–H groups in total. The Labute approximate surface area is 70.6 Å². The summed E-state index contributed by atoms with van der Waals surface area (Å²) in [6.07, 6.45) is 4.12. The zero-order valence-corrected chi connectivity index (χ0v) is 7.43. The summed E-state index contributed by atoms with van der Waals surface area (Å²) in [4.78, 5) is 0.822. The highest BCUT2D eigenvalue weighted by atomic mass is 32.2. The number of thioether (sulfide) groups is 1. The minimum absolute atomic E-state index is 0.720. The molecule has 0 aromatic heterocycles. The summed E-state index contributed by atoms with van der Waals surface area (Å²) < 4.78 is 0. The van der Waals surface area contributed by atoms with Gasteiger partial charge in [-0.05, 0) is 24.8 Å². The van der Waals surface area contributed by atoms with Crippen LogP contribution in [0, 0.1) is 0 Å². The van der Waals surface area contributed by atoms with Gasteiger partial charge in [0.05, 0.1) is 0 Å². The third-order valence-corrected chi connectivity index (χ3v) is 2.65. The molecule has 1 rings (SSSR count). The molecule has 0 heterocycles. The maximum absolute atomic E-state index is 9.43. The Kier molecular flexibility index (Phi) is 2.76. The Balaban J connectivity index is 2.84. The topological polar surface area (TPSA) is 40.5 Å². The summed E-state index contributed by atoms with van der Waals surface area (Å²) in [6, 6.07) is 0. The largest absolute Gasteiger partial charge is 0.386 e. The normalized spacial score (nSPS) is 31.3. The lowest BCUT2D eigenvalue weighted by Gasteiger charge is -2.23. The van der Waals surface area contributed by atoms with Crippen LogP contribution in [0.25, 0.3) is 0 Å². The zero-order valence-electron chi connectivity index (χ0n) is 6.61. The van der Waals surface area contributed by atoms with Crippen LogP contribution in [0.5, 0.6) is 0 Å². The van der Waals surface area contributed by atoms with Gasteiger partial charge in [-0.1, -0.05) is 6.08 Å². The monoisotopic (exact) mass is 172 g/mol. The smallest absolute Gasteiger partial charge is 0.114 e. The molecule has 0 fully saturated rings. The predicted octanol–water partition coefficient (Wildman–Crippen LogP) is 0.915. The van der Waals surface area contributed by atoms with Crippen molar-refractivity contribution in [1.82, 2.24) is 0 Å². The predicted molar refractivity (Wildman–Crippen MR) is 47.4 cm³/mol. The fourth-order valence-corrected chi connectivity index (χ4v) is 1.58. The molecule has 0 aromatic carbocycles. The zero-order chi connectivity index (χ0) is 8.43. The van der Waals surface area contributed by atoms with Gasteiger partial charge in [0.25, 0.3) is 0 Å². The molecule has 0 aromatic rings. The molecule has 0 saturated carbocycles. The van der Waals surface area contributed by atoms with Crippen molar-refractivity contribution in [2.75, 3.05) is 6.26 Å². The van der Waals surface area contributed by atoms with E-state index in [-0.39, 0.29) is 0 Å². The first-order valence-corrected chi connectivity index (χ1v) is 4.67. The van der Waals surface area contributed by atoms with Crippen LogP contribution >= 0.6 is 11.8 Å². The molecule has 0 saturated heterocycles. The van der Waals surface area contributed by atoms with Crippen LogP contribution in [0.4, 0.5) is 0 Å². The molecule has 0 amide bonds. The molecular weight excluding hydrogens is 160 g/mol. The average molecular weight is 172 g/mol. The van der Waals surface area contributed by atoms with Gasteiger partial charge in [0.1, 0.15) is 12.2 Å². The van der Waals surface area contributed by atoms with E-state index in [0.29, 0.717) is 0 Å². The van der Waals surface area contributed by atoms with Crippen LogP contribution in [0.2, 0.25) is 0 Å². The van der Waals surface area contributed by atoms with Crippen molar-refractivity contribution in [2.24, 2.45) is 0 Å². The van der Waals surface area contributed by atoms with E-state index in [1.165, 1.54) is 11.8 Å². The Bertz CT molecular complexity index is 208. The highest BCUT2D eigenvalue weighted by Crippen LogP contribution is 2.25. The maximum Gasteiger partial charge on any atom is 0.114 e. The van der Waals surface area contributed by atoms with E-state index in [1.807, 2.05) is 25.3 Å². The molecule has 0 unspecified atom stereocenters.